The summed E-state index contributed by atoms with van der Waals surface area (Å²) in [5, 5.41) is 0. The Labute approximate surface area is 171 Å². The van der Waals surface area contributed by atoms with E-state index in [1.165, 1.54) is 18.4 Å². The molecule has 0 N–H and O–H groups in total. The van der Waals surface area contributed by atoms with E-state index in [9.17, 15) is 4.79 Å². The second kappa shape index (κ2) is 9.36. The summed E-state index contributed by atoms with van der Waals surface area (Å²) in [6, 6.07) is 4.86. The number of aromatic nitrogens is 1. The van der Waals surface area contributed by atoms with Crippen molar-refractivity contribution in [2.24, 2.45) is 11.3 Å². The fourth-order valence-corrected chi connectivity index (χ4v) is 4.83. The van der Waals surface area contributed by atoms with E-state index in [1.807, 2.05) is 24.3 Å². The van der Waals surface area contributed by atoms with Crippen LogP contribution < -0.4 is 0 Å². The van der Waals surface area contributed by atoms with Gasteiger partial charge in [-0.2, -0.15) is 0 Å². The molecule has 0 saturated carbocycles. The summed E-state index contributed by atoms with van der Waals surface area (Å²) >= 11 is 0. The fraction of sp³-hybridized carbons (Fsp3) is 0.739. The van der Waals surface area contributed by atoms with Gasteiger partial charge in [-0.25, -0.2) is 0 Å². The zero-order valence-corrected chi connectivity index (χ0v) is 18.2. The number of pyridine rings is 1. The summed E-state index contributed by atoms with van der Waals surface area (Å²) in [4.78, 5) is 24.2. The molecule has 1 aromatic rings. The van der Waals surface area contributed by atoms with Crippen LogP contribution in [-0.2, 0) is 11.3 Å². The molecule has 0 aromatic carbocycles. The first-order valence-corrected chi connectivity index (χ1v) is 10.9. The SMILES string of the molecule is CN(CC(C)(C)C)C(=O)[C@H]1CCCN(C2CCN(Cc3ccncc3)CC2)C1. The minimum absolute atomic E-state index is 0.153. The number of carbonyl (C=O) groups is 1. The Hall–Kier alpha value is -1.46. The molecular formula is C23H38N4O. The van der Waals surface area contributed by atoms with Crippen LogP contribution in [-0.4, -0.2) is 71.4 Å². The number of hydrogen-bond donors (Lipinski definition) is 0. The molecule has 1 atom stereocenters. The van der Waals surface area contributed by atoms with Gasteiger partial charge in [-0.1, -0.05) is 20.8 Å². The first-order valence-electron chi connectivity index (χ1n) is 10.9. The molecule has 2 fully saturated rings. The van der Waals surface area contributed by atoms with Crippen LogP contribution >= 0.6 is 0 Å². The number of hydrogen-bond acceptors (Lipinski definition) is 4. The highest BCUT2D eigenvalue weighted by atomic mass is 16.2. The zero-order valence-electron chi connectivity index (χ0n) is 18.2. The molecule has 0 radical (unpaired) electrons. The third-order valence-corrected chi connectivity index (χ3v) is 6.12. The van der Waals surface area contributed by atoms with Gasteiger partial charge in [0.1, 0.15) is 0 Å². The first-order chi connectivity index (χ1) is 13.3. The van der Waals surface area contributed by atoms with Gasteiger partial charge in [0.05, 0.1) is 5.92 Å². The lowest BCUT2D eigenvalue weighted by Crippen LogP contribution is -2.51. The van der Waals surface area contributed by atoms with E-state index in [4.69, 9.17) is 0 Å². The van der Waals surface area contributed by atoms with Gasteiger partial charge in [-0.3, -0.25) is 19.6 Å². The molecule has 1 amide bonds. The number of carbonyl (C=O) groups excluding carboxylic acids is 1. The van der Waals surface area contributed by atoms with Crippen LogP contribution in [0, 0.1) is 11.3 Å². The highest BCUT2D eigenvalue weighted by Crippen LogP contribution is 2.26. The summed E-state index contributed by atoms with van der Waals surface area (Å²) in [5.74, 6) is 0.519. The van der Waals surface area contributed by atoms with Crippen molar-refractivity contribution in [1.29, 1.82) is 0 Å². The highest BCUT2D eigenvalue weighted by molar-refractivity contribution is 5.79. The van der Waals surface area contributed by atoms with Crippen LogP contribution in [0.25, 0.3) is 0 Å². The zero-order chi connectivity index (χ0) is 20.1. The number of likely N-dealkylation sites (tertiary alicyclic amines) is 2. The Morgan fingerprint density at radius 2 is 1.82 bits per heavy atom. The molecule has 5 nitrogen and oxygen atoms in total. The molecule has 1 aromatic heterocycles. The van der Waals surface area contributed by atoms with Gasteiger partial charge in [0, 0.05) is 45.1 Å². The lowest BCUT2D eigenvalue weighted by Gasteiger charge is -2.42. The van der Waals surface area contributed by atoms with Crippen molar-refractivity contribution < 1.29 is 4.79 Å². The molecule has 156 valence electrons. The summed E-state index contributed by atoms with van der Waals surface area (Å²) < 4.78 is 0. The summed E-state index contributed by atoms with van der Waals surface area (Å²) in [7, 11) is 1.98. The third-order valence-electron chi connectivity index (χ3n) is 6.12. The Kier molecular flexibility index (Phi) is 7.10. The molecule has 0 bridgehead atoms. The quantitative estimate of drug-likeness (QED) is 0.779. The van der Waals surface area contributed by atoms with Gasteiger partial charge in [-0.05, 0) is 68.4 Å². The molecule has 2 aliphatic rings. The van der Waals surface area contributed by atoms with E-state index < -0.39 is 0 Å². The predicted molar refractivity (Wildman–Crippen MR) is 114 cm³/mol. The van der Waals surface area contributed by atoms with Crippen LogP contribution in [0.1, 0.15) is 52.0 Å². The second-order valence-corrected chi connectivity index (χ2v) is 9.95. The maximum absolute atomic E-state index is 12.9. The maximum Gasteiger partial charge on any atom is 0.226 e. The van der Waals surface area contributed by atoms with Crippen molar-refractivity contribution in [3.8, 4) is 0 Å². The van der Waals surface area contributed by atoms with Gasteiger partial charge in [0.15, 0.2) is 0 Å². The standard InChI is InChI=1S/C23H38N4O/c1-23(2,3)18-25(4)22(28)20-6-5-13-27(17-20)21-9-14-26(15-10-21)16-19-7-11-24-12-8-19/h7-8,11-12,20-21H,5-6,9-10,13-18H2,1-4H3/t20-/m0/s1. The summed E-state index contributed by atoms with van der Waals surface area (Å²) in [6.45, 7) is 12.8. The van der Waals surface area contributed by atoms with Crippen molar-refractivity contribution in [3.05, 3.63) is 30.1 Å². The summed E-state index contributed by atoms with van der Waals surface area (Å²) in [6.07, 6.45) is 8.38. The lowest BCUT2D eigenvalue weighted by atomic mass is 9.91. The Bertz CT molecular complexity index is 619. The molecule has 0 spiro atoms. The molecule has 0 unspecified atom stereocenters. The largest absolute Gasteiger partial charge is 0.345 e. The van der Waals surface area contributed by atoms with Crippen molar-refractivity contribution in [2.75, 3.05) is 39.8 Å². The van der Waals surface area contributed by atoms with Crippen molar-refractivity contribution >= 4 is 5.91 Å². The van der Waals surface area contributed by atoms with Gasteiger partial charge in [0.2, 0.25) is 5.91 Å². The summed E-state index contributed by atoms with van der Waals surface area (Å²) in [5.41, 5.74) is 1.50. The molecule has 2 aliphatic heterocycles. The van der Waals surface area contributed by atoms with Crippen molar-refractivity contribution in [1.82, 2.24) is 19.7 Å². The van der Waals surface area contributed by atoms with E-state index in [0.29, 0.717) is 11.9 Å². The molecule has 28 heavy (non-hydrogen) atoms. The normalized spacial score (nSPS) is 22.9. The van der Waals surface area contributed by atoms with E-state index in [1.54, 1.807) is 0 Å². The predicted octanol–water partition coefficient (Wildman–Crippen LogP) is 3.26. The Balaban J connectivity index is 1.48. The molecule has 5 heteroatoms. The highest BCUT2D eigenvalue weighted by Gasteiger charge is 2.33. The number of piperidine rings is 2. The molecule has 2 saturated heterocycles. The minimum atomic E-state index is 0.153. The van der Waals surface area contributed by atoms with Gasteiger partial charge in [-0.15, -0.1) is 0 Å². The van der Waals surface area contributed by atoms with E-state index in [-0.39, 0.29) is 11.3 Å². The average Bonchev–Trinajstić information content (AvgIpc) is 2.67. The van der Waals surface area contributed by atoms with Crippen LogP contribution in [0.15, 0.2) is 24.5 Å². The van der Waals surface area contributed by atoms with E-state index in [2.05, 4.69) is 47.7 Å². The van der Waals surface area contributed by atoms with Crippen LogP contribution in [0.5, 0.6) is 0 Å². The topological polar surface area (TPSA) is 39.7 Å². The third kappa shape index (κ3) is 6.02. The average molecular weight is 387 g/mol. The van der Waals surface area contributed by atoms with Gasteiger partial charge < -0.3 is 4.90 Å². The molecule has 3 heterocycles. The maximum atomic E-state index is 12.9. The van der Waals surface area contributed by atoms with Crippen molar-refractivity contribution in [2.45, 2.75) is 59.0 Å². The number of amides is 1. The monoisotopic (exact) mass is 386 g/mol. The molecular weight excluding hydrogens is 348 g/mol. The first kappa shape index (κ1) is 21.3. The molecule has 0 aliphatic carbocycles. The fourth-order valence-electron chi connectivity index (χ4n) is 4.83. The number of rotatable bonds is 5. The van der Waals surface area contributed by atoms with Gasteiger partial charge >= 0.3 is 0 Å². The van der Waals surface area contributed by atoms with E-state index in [0.717, 1.165) is 52.1 Å². The van der Waals surface area contributed by atoms with Crippen molar-refractivity contribution in [3.63, 3.8) is 0 Å². The Morgan fingerprint density at radius 1 is 1.14 bits per heavy atom. The minimum Gasteiger partial charge on any atom is -0.345 e. The number of nitrogens with zero attached hydrogens (tertiary/aromatic N) is 4. The van der Waals surface area contributed by atoms with Crippen LogP contribution in [0.4, 0.5) is 0 Å². The lowest BCUT2D eigenvalue weighted by molar-refractivity contribution is -0.137. The van der Waals surface area contributed by atoms with Gasteiger partial charge in [0.25, 0.3) is 0 Å². The smallest absolute Gasteiger partial charge is 0.226 e. The van der Waals surface area contributed by atoms with Crippen LogP contribution in [0.3, 0.4) is 0 Å². The molecule has 3 rings (SSSR count). The second-order valence-electron chi connectivity index (χ2n) is 9.95. The van der Waals surface area contributed by atoms with E-state index >= 15 is 0 Å². The van der Waals surface area contributed by atoms with Crippen LogP contribution in [0.2, 0.25) is 0 Å². The Morgan fingerprint density at radius 3 is 2.46 bits per heavy atom.